The van der Waals surface area contributed by atoms with E-state index in [1.54, 1.807) is 26.4 Å². The predicted molar refractivity (Wildman–Crippen MR) is 54.2 cm³/mol. The van der Waals surface area contributed by atoms with Crippen molar-refractivity contribution in [1.29, 1.82) is 0 Å². The third-order valence-corrected chi connectivity index (χ3v) is 0.879. The second-order valence-corrected chi connectivity index (χ2v) is 4.40. The molecule has 0 radical (unpaired) electrons. The fourth-order valence-electron chi connectivity index (χ4n) is 0.356. The first-order valence-corrected chi connectivity index (χ1v) is 6.02. The molecule has 0 aromatic rings. The summed E-state index contributed by atoms with van der Waals surface area (Å²) in [5, 5.41) is 17.1. The van der Waals surface area contributed by atoms with Gasteiger partial charge in [-0.1, -0.05) is 11.2 Å². The van der Waals surface area contributed by atoms with Crippen molar-refractivity contribution in [3.05, 3.63) is 0 Å². The molecule has 13 heavy (non-hydrogen) atoms. The van der Waals surface area contributed by atoms with Gasteiger partial charge in [-0.15, -0.1) is 0 Å². The minimum Gasteiger partial charge on any atom is -0.617 e. The molecule has 0 aliphatic heterocycles. The third kappa shape index (κ3) is 24.5. The van der Waals surface area contributed by atoms with Gasteiger partial charge in [0, 0.05) is 0 Å². The zero-order valence-corrected chi connectivity index (χ0v) is 9.50. The van der Waals surface area contributed by atoms with Crippen LogP contribution in [0, 0.1) is 0 Å². The van der Waals surface area contributed by atoms with Crippen molar-refractivity contribution in [3.8, 4) is 0 Å². The quantitative estimate of drug-likeness (QED) is 0.631. The highest BCUT2D eigenvalue weighted by atomic mass is 32.2. The van der Waals surface area contributed by atoms with Crippen LogP contribution in [0.25, 0.3) is 0 Å². The molecule has 5 heteroatoms. The molecular weight excluding hydrogens is 192 g/mol. The van der Waals surface area contributed by atoms with Crippen LogP contribution < -0.4 is 0 Å². The van der Waals surface area contributed by atoms with E-state index < -0.39 is 17.3 Å². The molecule has 0 saturated carbocycles. The molecule has 0 fully saturated rings. The van der Waals surface area contributed by atoms with E-state index in [0.29, 0.717) is 6.61 Å². The van der Waals surface area contributed by atoms with Crippen molar-refractivity contribution in [2.24, 2.45) is 0 Å². The van der Waals surface area contributed by atoms with Gasteiger partial charge in [0.05, 0.1) is 37.9 Å². The average Bonchev–Trinajstić information content (AvgIpc) is 1.99. The Kier molecular flexibility index (Phi) is 12.4. The number of aliphatic hydroxyl groups excluding tert-OH is 2. The van der Waals surface area contributed by atoms with E-state index in [2.05, 4.69) is 0 Å². The lowest BCUT2D eigenvalue weighted by molar-refractivity contribution is -0.0177. The summed E-state index contributed by atoms with van der Waals surface area (Å²) in [6, 6.07) is 0. The smallest absolute Gasteiger partial charge is 0.0946 e. The normalized spacial score (nSPS) is 14.8. The molecule has 82 valence electrons. The monoisotopic (exact) mass is 212 g/mol. The van der Waals surface area contributed by atoms with Crippen LogP contribution in [0.3, 0.4) is 0 Å². The maximum atomic E-state index is 9.56. The van der Waals surface area contributed by atoms with Crippen LogP contribution in [-0.2, 0) is 15.9 Å². The molecule has 4 nitrogen and oxygen atoms in total. The van der Waals surface area contributed by atoms with Crippen LogP contribution in [0.4, 0.5) is 0 Å². The first-order valence-electron chi connectivity index (χ1n) is 4.05. The average molecular weight is 212 g/mol. The molecule has 0 saturated heterocycles. The van der Waals surface area contributed by atoms with E-state index in [1.807, 2.05) is 0 Å². The predicted octanol–water partition coefficient (Wildman–Crippen LogP) is -0.241. The molecule has 0 heterocycles. The summed E-state index contributed by atoms with van der Waals surface area (Å²) in [6.45, 7) is 3.70. The van der Waals surface area contributed by atoms with E-state index in [-0.39, 0.29) is 12.7 Å². The minimum absolute atomic E-state index is 0.00667. The summed E-state index contributed by atoms with van der Waals surface area (Å²) in [6.07, 6.45) is 2.67. The molecule has 0 bridgehead atoms. The number of aliphatic hydroxyl groups is 2. The van der Waals surface area contributed by atoms with Crippen molar-refractivity contribution < 1.29 is 19.5 Å². The van der Waals surface area contributed by atoms with Crippen molar-refractivity contribution in [2.45, 2.75) is 26.1 Å². The minimum atomic E-state index is -0.611. The number of ether oxygens (including phenoxy) is 1. The Morgan fingerprint density at radius 2 is 1.77 bits per heavy atom. The number of hydrogen-bond donors (Lipinski definition) is 2. The lowest BCUT2D eigenvalue weighted by Crippen LogP contribution is -2.19. The van der Waals surface area contributed by atoms with Gasteiger partial charge in [0.15, 0.2) is 0 Å². The molecule has 0 aromatic heterocycles. The Morgan fingerprint density at radius 3 is 2.00 bits per heavy atom. The molecule has 0 amide bonds. The molecule has 2 atom stereocenters. The lowest BCUT2D eigenvalue weighted by Gasteiger charge is -2.10. The lowest BCUT2D eigenvalue weighted by atomic mass is 10.4. The third-order valence-electron chi connectivity index (χ3n) is 0.879. The zero-order valence-electron chi connectivity index (χ0n) is 8.69. The van der Waals surface area contributed by atoms with Gasteiger partial charge >= 0.3 is 0 Å². The van der Waals surface area contributed by atoms with E-state index in [4.69, 9.17) is 14.9 Å². The van der Waals surface area contributed by atoms with Gasteiger partial charge in [-0.2, -0.15) is 0 Å². The van der Waals surface area contributed by atoms with E-state index >= 15 is 0 Å². The summed E-state index contributed by atoms with van der Waals surface area (Å²) in [4.78, 5) is 0. The Hall–Kier alpha value is 0.190. The maximum Gasteiger partial charge on any atom is 0.0946 e. The fourth-order valence-corrected chi connectivity index (χ4v) is 0.356. The SMILES string of the molecule is CC(O)COC(C)CO.C[S+](C)[O-]. The summed E-state index contributed by atoms with van der Waals surface area (Å²) in [5.74, 6) is 0. The van der Waals surface area contributed by atoms with Gasteiger partial charge in [0.25, 0.3) is 0 Å². The first kappa shape index (κ1) is 15.7. The molecule has 2 N–H and O–H groups in total. The summed E-state index contributed by atoms with van der Waals surface area (Å²) in [5.41, 5.74) is 0. The molecule has 0 aliphatic carbocycles. The Balaban J connectivity index is 0. The van der Waals surface area contributed by atoms with Gasteiger partial charge in [-0.3, -0.25) is 0 Å². The molecule has 0 rings (SSSR count). The van der Waals surface area contributed by atoms with Gasteiger partial charge in [0.2, 0.25) is 0 Å². The topological polar surface area (TPSA) is 72.8 Å². The fraction of sp³-hybridized carbons (Fsp3) is 1.00. The Morgan fingerprint density at radius 1 is 1.38 bits per heavy atom. The van der Waals surface area contributed by atoms with E-state index in [1.165, 1.54) is 0 Å². The van der Waals surface area contributed by atoms with Crippen LogP contribution in [-0.4, -0.2) is 52.7 Å². The molecular formula is C8H20O4S. The number of rotatable bonds is 4. The highest BCUT2D eigenvalue weighted by Crippen LogP contribution is 1.90. The maximum absolute atomic E-state index is 9.56. The highest BCUT2D eigenvalue weighted by Gasteiger charge is 2.00. The second-order valence-electron chi connectivity index (χ2n) is 2.92. The first-order chi connectivity index (χ1) is 5.90. The molecule has 2 unspecified atom stereocenters. The van der Waals surface area contributed by atoms with Crippen molar-refractivity contribution in [2.75, 3.05) is 25.7 Å². The van der Waals surface area contributed by atoms with Crippen LogP contribution in [0.2, 0.25) is 0 Å². The van der Waals surface area contributed by atoms with Crippen molar-refractivity contribution in [3.63, 3.8) is 0 Å². The summed E-state index contributed by atoms with van der Waals surface area (Å²) >= 11 is -0.611. The van der Waals surface area contributed by atoms with Gasteiger partial charge in [-0.05, 0) is 13.8 Å². The zero-order chi connectivity index (χ0) is 10.9. The van der Waals surface area contributed by atoms with E-state index in [0.717, 1.165) is 0 Å². The standard InChI is InChI=1S/C6H14O3.C2H6OS/c1-5(8)4-9-6(2)3-7;1-4(2)3/h5-8H,3-4H2,1-2H3;1-2H3. The van der Waals surface area contributed by atoms with Gasteiger partial charge < -0.3 is 19.5 Å². The summed E-state index contributed by atoms with van der Waals surface area (Å²) in [7, 11) is 0. The molecule has 0 spiro atoms. The van der Waals surface area contributed by atoms with Crippen molar-refractivity contribution in [1.82, 2.24) is 0 Å². The van der Waals surface area contributed by atoms with Crippen LogP contribution in [0.5, 0.6) is 0 Å². The summed E-state index contributed by atoms with van der Waals surface area (Å²) < 4.78 is 14.5. The highest BCUT2D eigenvalue weighted by molar-refractivity contribution is 7.89. The van der Waals surface area contributed by atoms with E-state index in [9.17, 15) is 4.55 Å². The largest absolute Gasteiger partial charge is 0.617 e. The van der Waals surface area contributed by atoms with Crippen LogP contribution in [0.1, 0.15) is 13.8 Å². The molecule has 0 aliphatic rings. The van der Waals surface area contributed by atoms with Crippen LogP contribution >= 0.6 is 0 Å². The molecule has 0 aromatic carbocycles. The van der Waals surface area contributed by atoms with Gasteiger partial charge in [0.1, 0.15) is 0 Å². The second kappa shape index (κ2) is 10.3. The number of hydrogen-bond acceptors (Lipinski definition) is 4. The Bertz CT molecular complexity index is 95.4. The van der Waals surface area contributed by atoms with Gasteiger partial charge in [-0.25, -0.2) is 0 Å². The Labute approximate surface area is 83.1 Å². The van der Waals surface area contributed by atoms with Crippen LogP contribution in [0.15, 0.2) is 0 Å². The van der Waals surface area contributed by atoms with Crippen molar-refractivity contribution >= 4 is 11.2 Å².